The Kier molecular flexibility index (Phi) is 3.91. The lowest BCUT2D eigenvalue weighted by Gasteiger charge is -2.23. The molecule has 0 N–H and O–H groups in total. The maximum atomic E-state index is 13.5. The van der Waals surface area contributed by atoms with E-state index < -0.39 is 16.4 Å². The van der Waals surface area contributed by atoms with E-state index in [0.29, 0.717) is 12.6 Å². The van der Waals surface area contributed by atoms with Gasteiger partial charge < -0.3 is 0 Å². The highest BCUT2D eigenvalue weighted by atomic mass is 19.1. The fraction of sp³-hybridized carbons (Fsp3) is 0.538. The van der Waals surface area contributed by atoms with Gasteiger partial charge in [0.25, 0.3) is 0 Å². The summed E-state index contributed by atoms with van der Waals surface area (Å²) in [6, 6.07) is 4.74. The topological polar surface area (TPSA) is 46.4 Å². The molecule has 5 heteroatoms. The zero-order valence-corrected chi connectivity index (χ0v) is 10.4. The Bertz CT molecular complexity index is 451. The summed E-state index contributed by atoms with van der Waals surface area (Å²) in [7, 11) is 0. The summed E-state index contributed by atoms with van der Waals surface area (Å²) in [6.07, 6.45) is 3.45. The Balaban J connectivity index is 2.10. The van der Waals surface area contributed by atoms with Crippen LogP contribution in [0.2, 0.25) is 0 Å². The predicted molar refractivity (Wildman–Crippen MR) is 66.8 cm³/mol. The van der Waals surface area contributed by atoms with Gasteiger partial charge in [-0.05, 0) is 37.4 Å². The second-order valence-electron chi connectivity index (χ2n) is 4.72. The molecule has 1 atom stereocenters. The molecule has 98 valence electrons. The molecule has 1 aromatic rings. The lowest BCUT2D eigenvalue weighted by atomic mass is 10.1. The third-order valence-corrected chi connectivity index (χ3v) is 3.56. The Labute approximate surface area is 106 Å². The van der Waals surface area contributed by atoms with Crippen molar-refractivity contribution in [1.82, 2.24) is 4.90 Å². The van der Waals surface area contributed by atoms with Gasteiger partial charge in [0, 0.05) is 18.7 Å². The van der Waals surface area contributed by atoms with Gasteiger partial charge in [0.15, 0.2) is 0 Å². The maximum absolute atomic E-state index is 13.5. The van der Waals surface area contributed by atoms with Crippen LogP contribution in [0.1, 0.15) is 31.7 Å². The molecule has 18 heavy (non-hydrogen) atoms. The van der Waals surface area contributed by atoms with E-state index in [-0.39, 0.29) is 0 Å². The van der Waals surface area contributed by atoms with E-state index >= 15 is 0 Å². The van der Waals surface area contributed by atoms with Crippen molar-refractivity contribution in [3.63, 3.8) is 0 Å². The van der Waals surface area contributed by atoms with Crippen LogP contribution in [0.25, 0.3) is 0 Å². The summed E-state index contributed by atoms with van der Waals surface area (Å²) >= 11 is 0. The average molecular weight is 252 g/mol. The summed E-state index contributed by atoms with van der Waals surface area (Å²) in [5, 5.41) is 10.5. The minimum Gasteiger partial charge on any atom is -0.296 e. The summed E-state index contributed by atoms with van der Waals surface area (Å²) in [4.78, 5) is 12.2. The van der Waals surface area contributed by atoms with Crippen LogP contribution < -0.4 is 0 Å². The van der Waals surface area contributed by atoms with Crippen molar-refractivity contribution in [3.05, 3.63) is 39.7 Å². The van der Waals surface area contributed by atoms with Crippen molar-refractivity contribution >= 4 is 5.69 Å². The first-order valence-electron chi connectivity index (χ1n) is 6.28. The van der Waals surface area contributed by atoms with Crippen LogP contribution in [0.15, 0.2) is 18.2 Å². The van der Waals surface area contributed by atoms with Crippen molar-refractivity contribution in [2.24, 2.45) is 0 Å². The van der Waals surface area contributed by atoms with Crippen molar-refractivity contribution < 1.29 is 9.31 Å². The number of nitro groups is 1. The number of likely N-dealkylation sites (tertiary alicyclic amines) is 1. The molecule has 0 aliphatic carbocycles. The molecule has 1 aliphatic rings. The van der Waals surface area contributed by atoms with E-state index in [2.05, 4.69) is 11.8 Å². The van der Waals surface area contributed by atoms with Crippen LogP contribution in [0.5, 0.6) is 0 Å². The van der Waals surface area contributed by atoms with Crippen LogP contribution >= 0.6 is 0 Å². The van der Waals surface area contributed by atoms with Gasteiger partial charge in [-0.15, -0.1) is 0 Å². The van der Waals surface area contributed by atoms with Gasteiger partial charge in [-0.1, -0.05) is 13.0 Å². The minimum atomic E-state index is -0.746. The zero-order valence-electron chi connectivity index (χ0n) is 10.4. The van der Waals surface area contributed by atoms with Crippen LogP contribution in [0.3, 0.4) is 0 Å². The number of nitro benzene ring substituents is 1. The van der Waals surface area contributed by atoms with Gasteiger partial charge in [0.2, 0.25) is 5.82 Å². The van der Waals surface area contributed by atoms with Gasteiger partial charge in [0.1, 0.15) is 0 Å². The molecular formula is C13H17FN2O2. The third kappa shape index (κ3) is 2.67. The fourth-order valence-electron chi connectivity index (χ4n) is 2.60. The van der Waals surface area contributed by atoms with E-state index in [9.17, 15) is 14.5 Å². The van der Waals surface area contributed by atoms with Crippen molar-refractivity contribution in [1.29, 1.82) is 0 Å². The first-order chi connectivity index (χ1) is 8.61. The molecule has 1 fully saturated rings. The smallest absolute Gasteiger partial charge is 0.296 e. The summed E-state index contributed by atoms with van der Waals surface area (Å²) in [6.45, 7) is 3.85. The number of rotatable bonds is 4. The van der Waals surface area contributed by atoms with Gasteiger partial charge in [-0.25, -0.2) is 0 Å². The SMILES string of the molecule is CCC1CCCN1Cc1ccc([N+](=O)[O-])c(F)c1. The normalized spacial score (nSPS) is 20.2. The highest BCUT2D eigenvalue weighted by molar-refractivity contribution is 5.35. The summed E-state index contributed by atoms with van der Waals surface area (Å²) in [5.74, 6) is -0.746. The molecule has 0 spiro atoms. The monoisotopic (exact) mass is 252 g/mol. The lowest BCUT2D eigenvalue weighted by molar-refractivity contribution is -0.387. The van der Waals surface area contributed by atoms with Crippen LogP contribution in [0, 0.1) is 15.9 Å². The summed E-state index contributed by atoms with van der Waals surface area (Å²) < 4.78 is 13.5. The lowest BCUT2D eigenvalue weighted by Crippen LogP contribution is -2.28. The van der Waals surface area contributed by atoms with Crippen molar-refractivity contribution in [3.8, 4) is 0 Å². The molecule has 4 nitrogen and oxygen atoms in total. The minimum absolute atomic E-state index is 0.452. The molecule has 2 rings (SSSR count). The van der Waals surface area contributed by atoms with E-state index in [1.54, 1.807) is 6.07 Å². The number of halogens is 1. The van der Waals surface area contributed by atoms with E-state index in [4.69, 9.17) is 0 Å². The van der Waals surface area contributed by atoms with Crippen LogP contribution in [-0.2, 0) is 6.54 Å². The molecule has 0 saturated carbocycles. The van der Waals surface area contributed by atoms with Gasteiger partial charge >= 0.3 is 5.69 Å². The largest absolute Gasteiger partial charge is 0.304 e. The quantitative estimate of drug-likeness (QED) is 0.611. The van der Waals surface area contributed by atoms with Gasteiger partial charge in [0.05, 0.1) is 4.92 Å². The molecule has 0 amide bonds. The van der Waals surface area contributed by atoms with Gasteiger partial charge in [-0.3, -0.25) is 15.0 Å². The molecule has 1 aromatic carbocycles. The number of hydrogen-bond donors (Lipinski definition) is 0. The molecular weight excluding hydrogens is 235 g/mol. The highest BCUT2D eigenvalue weighted by Gasteiger charge is 2.23. The Hall–Kier alpha value is -1.49. The Morgan fingerprint density at radius 1 is 1.56 bits per heavy atom. The Morgan fingerprint density at radius 3 is 2.94 bits per heavy atom. The number of nitrogens with zero attached hydrogens (tertiary/aromatic N) is 2. The first kappa shape index (κ1) is 13.0. The number of benzene rings is 1. The van der Waals surface area contributed by atoms with Crippen molar-refractivity contribution in [2.75, 3.05) is 6.54 Å². The van der Waals surface area contributed by atoms with Gasteiger partial charge in [-0.2, -0.15) is 4.39 Å². The molecule has 0 bridgehead atoms. The predicted octanol–water partition coefficient (Wildman–Crippen LogP) is 3.11. The van der Waals surface area contributed by atoms with E-state index in [0.717, 1.165) is 18.5 Å². The first-order valence-corrected chi connectivity index (χ1v) is 6.28. The van der Waals surface area contributed by atoms with E-state index in [1.165, 1.54) is 25.0 Å². The second kappa shape index (κ2) is 5.44. The maximum Gasteiger partial charge on any atom is 0.304 e. The number of hydrogen-bond acceptors (Lipinski definition) is 3. The summed E-state index contributed by atoms with van der Waals surface area (Å²) in [5.41, 5.74) is 0.352. The van der Waals surface area contributed by atoms with Crippen LogP contribution in [0.4, 0.5) is 10.1 Å². The van der Waals surface area contributed by atoms with Crippen LogP contribution in [-0.4, -0.2) is 22.4 Å². The zero-order chi connectivity index (χ0) is 13.1. The molecule has 1 unspecified atom stereocenters. The highest BCUT2D eigenvalue weighted by Crippen LogP contribution is 2.24. The standard InChI is InChI=1S/C13H17FN2O2/c1-2-11-4-3-7-15(11)9-10-5-6-13(16(17)18)12(14)8-10/h5-6,8,11H,2-4,7,9H2,1H3. The average Bonchev–Trinajstić information content (AvgIpc) is 2.76. The molecule has 0 aromatic heterocycles. The molecule has 0 radical (unpaired) electrons. The molecule has 1 saturated heterocycles. The van der Waals surface area contributed by atoms with E-state index in [1.807, 2.05) is 0 Å². The molecule has 1 aliphatic heterocycles. The molecule has 1 heterocycles. The Morgan fingerprint density at radius 2 is 2.33 bits per heavy atom. The second-order valence-corrected chi connectivity index (χ2v) is 4.72. The fourth-order valence-corrected chi connectivity index (χ4v) is 2.60. The van der Waals surface area contributed by atoms with Crippen molar-refractivity contribution in [2.45, 2.75) is 38.8 Å². The third-order valence-electron chi connectivity index (χ3n) is 3.56.